The van der Waals surface area contributed by atoms with E-state index in [4.69, 9.17) is 0 Å². The summed E-state index contributed by atoms with van der Waals surface area (Å²) in [7, 11) is -10.8. The molecule has 0 saturated carbocycles. The van der Waals surface area contributed by atoms with Crippen molar-refractivity contribution in [1.29, 1.82) is 0 Å². The lowest BCUT2D eigenvalue weighted by atomic mass is 10.2. The molecule has 0 saturated heterocycles. The summed E-state index contributed by atoms with van der Waals surface area (Å²) in [6, 6.07) is 14.5. The third-order valence-corrected chi connectivity index (χ3v) is 8.30. The van der Waals surface area contributed by atoms with Crippen LogP contribution in [-0.2, 0) is 26.4 Å². The minimum absolute atomic E-state index is 0.331. The highest BCUT2D eigenvalue weighted by molar-refractivity contribution is 7.86. The molecule has 0 unspecified atom stereocenters. The van der Waals surface area contributed by atoms with Crippen LogP contribution < -0.4 is 15.9 Å². The van der Waals surface area contributed by atoms with Crippen molar-refractivity contribution in [3.05, 3.63) is 78.4 Å². The Labute approximate surface area is 177 Å². The molecule has 0 spiro atoms. The van der Waals surface area contributed by atoms with Crippen molar-refractivity contribution in [2.24, 2.45) is 0 Å². The maximum Gasteiger partial charge on any atom is 0.416 e. The van der Waals surface area contributed by atoms with Crippen LogP contribution in [0.25, 0.3) is 0 Å². The summed E-state index contributed by atoms with van der Waals surface area (Å²) in [5.74, 6) is 0. The van der Waals surface area contributed by atoms with Crippen molar-refractivity contribution >= 4 is 44.1 Å². The lowest BCUT2D eigenvalue weighted by Gasteiger charge is -2.21. The molecule has 0 aromatic heterocycles. The average molecular weight is 490 g/mol. The Balaban J connectivity index is 2.23. The highest BCUT2D eigenvalue weighted by atomic mass is 32.2. The fourth-order valence-corrected chi connectivity index (χ4v) is 6.39. The molecular weight excluding hydrogens is 476 g/mol. The summed E-state index contributed by atoms with van der Waals surface area (Å²) >= 11 is 0. The van der Waals surface area contributed by atoms with Crippen LogP contribution in [0.4, 0.5) is 13.2 Å². The van der Waals surface area contributed by atoms with E-state index in [2.05, 4.69) is 0 Å². The molecule has 3 aromatic carbocycles. The van der Waals surface area contributed by atoms with Crippen LogP contribution >= 0.6 is 7.92 Å². The predicted molar refractivity (Wildman–Crippen MR) is 110 cm³/mol. The minimum atomic E-state index is -4.56. The molecule has 0 bridgehead atoms. The van der Waals surface area contributed by atoms with Gasteiger partial charge in [-0.2, -0.15) is 30.0 Å². The molecule has 2 N–H and O–H groups in total. The van der Waals surface area contributed by atoms with E-state index in [0.29, 0.717) is 15.9 Å². The molecule has 0 aliphatic carbocycles. The van der Waals surface area contributed by atoms with Gasteiger partial charge in [0.2, 0.25) is 0 Å². The van der Waals surface area contributed by atoms with Gasteiger partial charge < -0.3 is 0 Å². The van der Waals surface area contributed by atoms with Crippen molar-refractivity contribution in [2.45, 2.75) is 16.0 Å². The third kappa shape index (κ3) is 5.50. The summed E-state index contributed by atoms with van der Waals surface area (Å²) in [5.41, 5.74) is -0.885. The van der Waals surface area contributed by atoms with Gasteiger partial charge >= 0.3 is 6.18 Å². The molecule has 3 rings (SSSR count). The molecule has 0 amide bonds. The summed E-state index contributed by atoms with van der Waals surface area (Å²) in [5, 5.41) is 1.03. The topological polar surface area (TPSA) is 109 Å². The Kier molecular flexibility index (Phi) is 6.28. The molecule has 3 aromatic rings. The lowest BCUT2D eigenvalue weighted by Crippen LogP contribution is -2.22. The van der Waals surface area contributed by atoms with Crippen LogP contribution in [0, 0.1) is 0 Å². The fourth-order valence-electron chi connectivity index (χ4n) is 2.81. The average Bonchev–Trinajstić information content (AvgIpc) is 2.67. The van der Waals surface area contributed by atoms with Crippen molar-refractivity contribution in [1.82, 2.24) is 0 Å². The van der Waals surface area contributed by atoms with Crippen molar-refractivity contribution in [3.8, 4) is 0 Å². The first-order chi connectivity index (χ1) is 14.3. The second-order valence-corrected chi connectivity index (χ2v) is 11.4. The zero-order chi connectivity index (χ0) is 23.0. The Bertz CT molecular complexity index is 1250. The van der Waals surface area contributed by atoms with Gasteiger partial charge in [-0.1, -0.05) is 36.4 Å². The van der Waals surface area contributed by atoms with E-state index in [0.717, 1.165) is 24.3 Å². The van der Waals surface area contributed by atoms with E-state index < -0.39 is 49.7 Å². The summed E-state index contributed by atoms with van der Waals surface area (Å²) in [6.45, 7) is 0. The smallest absolute Gasteiger partial charge is 0.282 e. The van der Waals surface area contributed by atoms with Gasteiger partial charge in [0.05, 0.1) is 15.4 Å². The van der Waals surface area contributed by atoms with E-state index in [1.54, 1.807) is 0 Å². The third-order valence-electron chi connectivity index (χ3n) is 4.20. The number of hydrogen-bond donors (Lipinski definition) is 2. The highest BCUT2D eigenvalue weighted by Crippen LogP contribution is 2.36. The zero-order valence-corrected chi connectivity index (χ0v) is 17.9. The van der Waals surface area contributed by atoms with Crippen molar-refractivity contribution in [3.63, 3.8) is 0 Å². The normalized spacial score (nSPS) is 12.8. The molecular formula is C19H14F3O6PS2. The second kappa shape index (κ2) is 8.33. The Morgan fingerprint density at radius 2 is 1.06 bits per heavy atom. The molecule has 164 valence electrons. The van der Waals surface area contributed by atoms with Gasteiger partial charge in [0.25, 0.3) is 20.2 Å². The molecule has 0 radical (unpaired) electrons. The van der Waals surface area contributed by atoms with E-state index in [9.17, 15) is 39.1 Å². The van der Waals surface area contributed by atoms with Gasteiger partial charge in [0.15, 0.2) is 0 Å². The first-order valence-corrected chi connectivity index (χ1v) is 12.6. The van der Waals surface area contributed by atoms with Gasteiger partial charge in [0, 0.05) is 0 Å². The van der Waals surface area contributed by atoms with Crippen LogP contribution in [0.15, 0.2) is 82.6 Å². The molecule has 0 aliphatic rings. The van der Waals surface area contributed by atoms with Crippen LogP contribution in [0.5, 0.6) is 0 Å². The molecule has 31 heavy (non-hydrogen) atoms. The zero-order valence-electron chi connectivity index (χ0n) is 15.4. The monoisotopic (exact) mass is 490 g/mol. The lowest BCUT2D eigenvalue weighted by molar-refractivity contribution is -0.137. The SMILES string of the molecule is O=S(=O)(O)c1cccc(P(c2ccc(C(F)(F)F)cc2)c2cccc(S(=O)(=O)O)c2)c1. The summed E-state index contributed by atoms with van der Waals surface area (Å²) in [4.78, 5) is -0.842. The van der Waals surface area contributed by atoms with Gasteiger partial charge in [-0.15, -0.1) is 0 Å². The van der Waals surface area contributed by atoms with Gasteiger partial charge in [-0.05, 0) is 60.2 Å². The van der Waals surface area contributed by atoms with Crippen LogP contribution in [0.3, 0.4) is 0 Å². The Morgan fingerprint density at radius 1 is 0.645 bits per heavy atom. The van der Waals surface area contributed by atoms with Gasteiger partial charge in [-0.3, -0.25) is 9.11 Å². The second-order valence-electron chi connectivity index (χ2n) is 6.32. The number of halogens is 3. The summed E-state index contributed by atoms with van der Waals surface area (Å²) in [6.07, 6.45) is -4.56. The van der Waals surface area contributed by atoms with Crippen LogP contribution in [0.2, 0.25) is 0 Å². The van der Waals surface area contributed by atoms with E-state index >= 15 is 0 Å². The highest BCUT2D eigenvalue weighted by Gasteiger charge is 2.30. The number of hydrogen-bond acceptors (Lipinski definition) is 4. The Hall–Kier alpha value is -2.30. The first kappa shape index (κ1) is 23.4. The number of rotatable bonds is 5. The molecule has 6 nitrogen and oxygen atoms in total. The van der Waals surface area contributed by atoms with E-state index in [1.807, 2.05) is 0 Å². The van der Waals surface area contributed by atoms with Crippen LogP contribution in [-0.4, -0.2) is 25.9 Å². The number of alkyl halides is 3. The minimum Gasteiger partial charge on any atom is -0.282 e. The fraction of sp³-hybridized carbons (Fsp3) is 0.0526. The molecule has 0 heterocycles. The maximum atomic E-state index is 13.0. The largest absolute Gasteiger partial charge is 0.416 e. The van der Waals surface area contributed by atoms with E-state index in [1.165, 1.54) is 48.5 Å². The predicted octanol–water partition coefficient (Wildman–Crippen LogP) is 2.96. The Morgan fingerprint density at radius 3 is 1.42 bits per heavy atom. The van der Waals surface area contributed by atoms with Crippen molar-refractivity contribution in [2.75, 3.05) is 0 Å². The quantitative estimate of drug-likeness (QED) is 0.421. The molecule has 0 fully saturated rings. The standard InChI is InChI=1S/C19H14F3O6PS2/c20-19(21,22)13-7-9-14(10-8-13)29(15-3-1-5-17(11-15)30(23,24)25)16-4-2-6-18(12-16)31(26,27)28/h1-12H,(H,23,24,25)(H,26,27,28). The van der Waals surface area contributed by atoms with E-state index in [-0.39, 0.29) is 0 Å². The van der Waals surface area contributed by atoms with Gasteiger partial charge in [-0.25, -0.2) is 0 Å². The van der Waals surface area contributed by atoms with Crippen molar-refractivity contribution < 1.29 is 39.1 Å². The summed E-state index contributed by atoms with van der Waals surface area (Å²) < 4.78 is 104. The first-order valence-electron chi connectivity index (χ1n) is 8.39. The molecule has 12 heteroatoms. The van der Waals surface area contributed by atoms with Crippen LogP contribution in [0.1, 0.15) is 5.56 Å². The molecule has 0 atom stereocenters. The maximum absolute atomic E-state index is 13.0. The van der Waals surface area contributed by atoms with Gasteiger partial charge in [0.1, 0.15) is 0 Å². The number of benzene rings is 3. The molecule has 0 aliphatic heterocycles.